The minimum absolute atomic E-state index is 0.0214. The number of aromatic carboxylic acids is 1. The van der Waals surface area contributed by atoms with Crippen molar-refractivity contribution in [3.05, 3.63) is 46.8 Å². The maximum Gasteiger partial charge on any atom is 0.337 e. The predicted octanol–water partition coefficient (Wildman–Crippen LogP) is 2.12. The third-order valence-corrected chi connectivity index (χ3v) is 5.21. The van der Waals surface area contributed by atoms with Crippen LogP contribution in [0.5, 0.6) is 0 Å². The number of carboxylic acid groups (broad SMARTS) is 1. The number of hydrogen-bond acceptors (Lipinski definition) is 5. The molecule has 1 heterocycles. The Morgan fingerprint density at radius 3 is 2.55 bits per heavy atom. The first-order valence-electron chi connectivity index (χ1n) is 5.29. The summed E-state index contributed by atoms with van der Waals surface area (Å²) in [5, 5.41) is 17.7. The molecule has 0 bridgehead atoms. The minimum atomic E-state index is -3.90. The van der Waals surface area contributed by atoms with Crippen LogP contribution in [0.4, 0.5) is 5.69 Å². The van der Waals surface area contributed by atoms with Crippen LogP contribution in [0.3, 0.4) is 0 Å². The largest absolute Gasteiger partial charge is 0.478 e. The van der Waals surface area contributed by atoms with Crippen molar-refractivity contribution in [3.8, 4) is 6.07 Å². The molecule has 1 aromatic carbocycles. The maximum atomic E-state index is 12.1. The zero-order valence-electron chi connectivity index (χ0n) is 9.90. The third kappa shape index (κ3) is 2.79. The molecule has 0 fully saturated rings. The Balaban J connectivity index is 2.39. The van der Waals surface area contributed by atoms with Gasteiger partial charge in [0.15, 0.2) is 0 Å². The second-order valence-corrected chi connectivity index (χ2v) is 6.68. The Morgan fingerprint density at radius 2 is 1.95 bits per heavy atom. The Hall–Kier alpha value is -2.37. The summed E-state index contributed by atoms with van der Waals surface area (Å²) >= 11 is 0.814. The van der Waals surface area contributed by atoms with Gasteiger partial charge in [-0.1, -0.05) is 12.1 Å². The first-order valence-corrected chi connectivity index (χ1v) is 7.59. The second kappa shape index (κ2) is 5.32. The van der Waals surface area contributed by atoms with Crippen LogP contribution in [-0.2, 0) is 10.0 Å². The molecule has 0 unspecified atom stereocenters. The van der Waals surface area contributed by atoms with Gasteiger partial charge in [0.2, 0.25) is 0 Å². The molecule has 2 rings (SSSR count). The number of carbonyl (C=O) groups is 1. The van der Waals surface area contributed by atoms with Crippen LogP contribution in [0.1, 0.15) is 15.2 Å². The molecule has 0 saturated carbocycles. The molecule has 0 aliphatic rings. The van der Waals surface area contributed by atoms with Gasteiger partial charge in [-0.3, -0.25) is 4.72 Å². The van der Waals surface area contributed by atoms with E-state index in [9.17, 15) is 13.2 Å². The molecule has 6 nitrogen and oxygen atoms in total. The van der Waals surface area contributed by atoms with Gasteiger partial charge in [-0.25, -0.2) is 13.2 Å². The summed E-state index contributed by atoms with van der Waals surface area (Å²) in [5.74, 6) is -1.23. The monoisotopic (exact) mass is 308 g/mol. The molecule has 0 spiro atoms. The molecule has 2 aromatic rings. The highest BCUT2D eigenvalue weighted by Crippen LogP contribution is 2.25. The average Bonchev–Trinajstić information content (AvgIpc) is 2.88. The topological polar surface area (TPSA) is 107 Å². The second-order valence-electron chi connectivity index (χ2n) is 3.69. The lowest BCUT2D eigenvalue weighted by Crippen LogP contribution is -2.14. The van der Waals surface area contributed by atoms with Gasteiger partial charge in [0.05, 0.1) is 11.3 Å². The van der Waals surface area contributed by atoms with Gasteiger partial charge in [0.1, 0.15) is 15.2 Å². The Kier molecular flexibility index (Phi) is 3.74. The van der Waals surface area contributed by atoms with E-state index in [1.165, 1.54) is 36.4 Å². The van der Waals surface area contributed by atoms with Crippen LogP contribution in [-0.4, -0.2) is 19.5 Å². The summed E-state index contributed by atoms with van der Waals surface area (Å²) in [7, 11) is -3.90. The summed E-state index contributed by atoms with van der Waals surface area (Å²) in [6, 6.07) is 10.2. The van der Waals surface area contributed by atoms with Crippen LogP contribution in [0.2, 0.25) is 0 Å². The Morgan fingerprint density at radius 1 is 1.25 bits per heavy atom. The van der Waals surface area contributed by atoms with Crippen LogP contribution in [0, 0.1) is 11.3 Å². The molecule has 2 N–H and O–H groups in total. The minimum Gasteiger partial charge on any atom is -0.478 e. The van der Waals surface area contributed by atoms with E-state index in [4.69, 9.17) is 10.4 Å². The van der Waals surface area contributed by atoms with Crippen LogP contribution in [0.15, 0.2) is 40.6 Å². The molecule has 0 saturated heterocycles. The molecule has 1 aromatic heterocycles. The molecular weight excluding hydrogens is 300 g/mol. The Labute approximate surface area is 119 Å². The molecule has 102 valence electrons. The number of nitriles is 1. The van der Waals surface area contributed by atoms with Crippen molar-refractivity contribution >= 4 is 33.0 Å². The van der Waals surface area contributed by atoms with E-state index in [1.807, 2.05) is 6.07 Å². The quantitative estimate of drug-likeness (QED) is 0.899. The number of benzene rings is 1. The summed E-state index contributed by atoms with van der Waals surface area (Å²) in [6.07, 6.45) is 0. The third-order valence-electron chi connectivity index (χ3n) is 2.36. The van der Waals surface area contributed by atoms with Crippen LogP contribution >= 0.6 is 11.3 Å². The fourth-order valence-electron chi connectivity index (χ4n) is 1.48. The van der Waals surface area contributed by atoms with Gasteiger partial charge < -0.3 is 5.11 Å². The van der Waals surface area contributed by atoms with Crippen molar-refractivity contribution in [2.75, 3.05) is 4.72 Å². The highest BCUT2D eigenvalue weighted by Gasteiger charge is 2.20. The fraction of sp³-hybridized carbons (Fsp3) is 0. The van der Waals surface area contributed by atoms with E-state index < -0.39 is 16.0 Å². The lowest BCUT2D eigenvalue weighted by molar-refractivity contribution is 0.0698. The molecule has 0 atom stereocenters. The van der Waals surface area contributed by atoms with Crippen molar-refractivity contribution in [1.82, 2.24) is 0 Å². The molecular formula is C12H8N2O4S2. The van der Waals surface area contributed by atoms with E-state index in [-0.39, 0.29) is 20.3 Å². The number of para-hydroxylation sites is 1. The Bertz CT molecular complexity index is 803. The smallest absolute Gasteiger partial charge is 0.337 e. The zero-order chi connectivity index (χ0) is 14.8. The van der Waals surface area contributed by atoms with Gasteiger partial charge >= 0.3 is 5.97 Å². The predicted molar refractivity (Wildman–Crippen MR) is 73.2 cm³/mol. The number of carboxylic acids is 1. The highest BCUT2D eigenvalue weighted by molar-refractivity contribution is 7.94. The van der Waals surface area contributed by atoms with Crippen molar-refractivity contribution in [3.63, 3.8) is 0 Å². The highest BCUT2D eigenvalue weighted by atomic mass is 32.2. The molecule has 0 radical (unpaired) electrons. The molecule has 20 heavy (non-hydrogen) atoms. The number of rotatable bonds is 4. The van der Waals surface area contributed by atoms with Crippen molar-refractivity contribution < 1.29 is 18.3 Å². The lowest BCUT2D eigenvalue weighted by Gasteiger charge is -2.08. The fourth-order valence-corrected chi connectivity index (χ4v) is 3.66. The molecule has 8 heteroatoms. The summed E-state index contributed by atoms with van der Waals surface area (Å²) in [5.41, 5.74) is -0.167. The zero-order valence-corrected chi connectivity index (χ0v) is 11.5. The van der Waals surface area contributed by atoms with Crippen molar-refractivity contribution in [1.29, 1.82) is 5.26 Å². The van der Waals surface area contributed by atoms with E-state index in [1.54, 1.807) is 0 Å². The van der Waals surface area contributed by atoms with Gasteiger partial charge in [-0.05, 0) is 24.3 Å². The molecule has 0 aliphatic heterocycles. The van der Waals surface area contributed by atoms with E-state index in [0.29, 0.717) is 0 Å². The molecule has 0 amide bonds. The molecule has 0 aliphatic carbocycles. The summed E-state index contributed by atoms with van der Waals surface area (Å²) in [4.78, 5) is 11.3. The summed E-state index contributed by atoms with van der Waals surface area (Å²) in [6.45, 7) is 0. The first kappa shape index (κ1) is 14.0. The number of anilines is 1. The van der Waals surface area contributed by atoms with E-state index in [2.05, 4.69) is 4.72 Å². The van der Waals surface area contributed by atoms with Crippen molar-refractivity contribution in [2.24, 2.45) is 0 Å². The maximum absolute atomic E-state index is 12.1. The average molecular weight is 308 g/mol. The lowest BCUT2D eigenvalue weighted by atomic mass is 10.2. The standard InChI is InChI=1S/C12H8N2O4S2/c13-7-8-5-6-11(19-8)20(17,18)14-10-4-2-1-3-9(10)12(15)16/h1-6,14H,(H,15,16). The SMILES string of the molecule is N#Cc1ccc(S(=O)(=O)Nc2ccccc2C(=O)O)s1. The number of nitrogens with zero attached hydrogens (tertiary/aromatic N) is 1. The van der Waals surface area contributed by atoms with Gasteiger partial charge in [-0.2, -0.15) is 5.26 Å². The van der Waals surface area contributed by atoms with Gasteiger partial charge in [-0.15, -0.1) is 11.3 Å². The van der Waals surface area contributed by atoms with Crippen LogP contribution < -0.4 is 4.72 Å². The number of sulfonamides is 1. The van der Waals surface area contributed by atoms with Crippen molar-refractivity contribution in [2.45, 2.75) is 4.21 Å². The van der Waals surface area contributed by atoms with E-state index >= 15 is 0 Å². The van der Waals surface area contributed by atoms with Gasteiger partial charge in [0.25, 0.3) is 10.0 Å². The number of nitrogens with one attached hydrogen (secondary N) is 1. The van der Waals surface area contributed by atoms with Gasteiger partial charge in [0, 0.05) is 0 Å². The normalized spacial score (nSPS) is 10.8. The number of thiophene rings is 1. The van der Waals surface area contributed by atoms with E-state index in [0.717, 1.165) is 11.3 Å². The number of hydrogen-bond donors (Lipinski definition) is 2. The van der Waals surface area contributed by atoms with Crippen LogP contribution in [0.25, 0.3) is 0 Å². The summed E-state index contributed by atoms with van der Waals surface area (Å²) < 4.78 is 26.4. The first-order chi connectivity index (χ1) is 9.44.